The van der Waals surface area contributed by atoms with Gasteiger partial charge in [-0.05, 0) is 82.0 Å². The molecule has 2 aromatic heterocycles. The fourth-order valence-corrected chi connectivity index (χ4v) is 5.10. The maximum absolute atomic E-state index is 13.5. The van der Waals surface area contributed by atoms with Crippen molar-refractivity contribution < 1.29 is 8.78 Å². The highest BCUT2D eigenvalue weighted by molar-refractivity contribution is 5.73. The van der Waals surface area contributed by atoms with Crippen LogP contribution in [0.15, 0.2) is 30.6 Å². The number of halogens is 2. The molecule has 5 nitrogen and oxygen atoms in total. The van der Waals surface area contributed by atoms with Gasteiger partial charge in [-0.1, -0.05) is 23.4 Å². The average molecular weight is 438 g/mol. The number of nitrogens with zero attached hydrogens (tertiary/aromatic N) is 4. The van der Waals surface area contributed by atoms with E-state index in [9.17, 15) is 8.78 Å². The maximum atomic E-state index is 13.5. The fourth-order valence-electron chi connectivity index (χ4n) is 5.10. The molecule has 0 aliphatic heterocycles. The van der Waals surface area contributed by atoms with E-state index in [-0.39, 0.29) is 6.04 Å². The second-order valence-corrected chi connectivity index (χ2v) is 9.19. The van der Waals surface area contributed by atoms with Gasteiger partial charge in [-0.25, -0.2) is 18.3 Å². The molecule has 3 aromatic rings. The molecule has 0 radical (unpaired) electrons. The summed E-state index contributed by atoms with van der Waals surface area (Å²) in [6.45, 7) is 2.87. The molecule has 0 bridgehead atoms. The van der Waals surface area contributed by atoms with E-state index >= 15 is 0 Å². The van der Waals surface area contributed by atoms with Gasteiger partial charge >= 0.3 is 0 Å². The predicted octanol–water partition coefficient (Wildman–Crippen LogP) is 5.38. The summed E-state index contributed by atoms with van der Waals surface area (Å²) in [5.74, 6) is -0.612. The summed E-state index contributed by atoms with van der Waals surface area (Å²) >= 11 is 0. The molecule has 7 heteroatoms. The number of allylic oxidation sites excluding steroid dienone is 1. The van der Waals surface area contributed by atoms with Gasteiger partial charge in [-0.2, -0.15) is 0 Å². The Balaban J connectivity index is 1.23. The van der Waals surface area contributed by atoms with Crippen LogP contribution in [0.2, 0.25) is 0 Å². The highest BCUT2D eigenvalue weighted by atomic mass is 19.2. The second kappa shape index (κ2) is 9.06. The van der Waals surface area contributed by atoms with Crippen molar-refractivity contribution in [3.05, 3.63) is 64.8 Å². The van der Waals surface area contributed by atoms with Gasteiger partial charge < -0.3 is 5.32 Å². The first-order valence-electron chi connectivity index (χ1n) is 11.7. The Morgan fingerprint density at radius 3 is 2.81 bits per heavy atom. The molecule has 2 heterocycles. The summed E-state index contributed by atoms with van der Waals surface area (Å²) in [5, 5.41) is 12.4. The van der Waals surface area contributed by atoms with E-state index in [0.29, 0.717) is 11.8 Å². The molecule has 1 N–H and O–H groups in total. The first kappa shape index (κ1) is 21.2. The zero-order valence-corrected chi connectivity index (χ0v) is 18.4. The quantitative estimate of drug-likeness (QED) is 0.583. The standard InChI is InChI=1S/C25H29F2N5/c1-16(19-11-12-21(26)22(27)13-19)28-14-17-7-9-18(10-8-17)24-25-20-5-3-2-4-6-23(20)29-15-32(25)31-30-24/h3,5,11-13,15-18,28H,2,4,6-10,14H2,1H3/t16?,17-,18-. The van der Waals surface area contributed by atoms with Crippen LogP contribution in [-0.4, -0.2) is 26.4 Å². The molecule has 1 unspecified atom stereocenters. The van der Waals surface area contributed by atoms with Gasteiger partial charge in [-0.15, -0.1) is 5.10 Å². The number of nitrogens with one attached hydrogen (secondary N) is 1. The van der Waals surface area contributed by atoms with Crippen LogP contribution >= 0.6 is 0 Å². The molecular formula is C25H29F2N5. The minimum absolute atomic E-state index is 0.0150. The number of rotatable bonds is 5. The molecular weight excluding hydrogens is 408 g/mol. The van der Waals surface area contributed by atoms with E-state index in [1.807, 2.05) is 11.4 Å². The minimum Gasteiger partial charge on any atom is -0.310 e. The van der Waals surface area contributed by atoms with Gasteiger partial charge in [0.2, 0.25) is 0 Å². The lowest BCUT2D eigenvalue weighted by molar-refractivity contribution is 0.304. The highest BCUT2D eigenvalue weighted by Crippen LogP contribution is 2.38. The SMILES string of the molecule is CC(NC[C@H]1CC[C@H](c2nnn3cnc4c(c23)C=CCCC4)CC1)c1ccc(F)c(F)c1. The van der Waals surface area contributed by atoms with Crippen molar-refractivity contribution in [2.24, 2.45) is 5.92 Å². The number of fused-ring (bicyclic) bond motifs is 3. The largest absolute Gasteiger partial charge is 0.310 e. The monoisotopic (exact) mass is 437 g/mol. The molecule has 1 fully saturated rings. The smallest absolute Gasteiger partial charge is 0.159 e. The Morgan fingerprint density at radius 2 is 2.00 bits per heavy atom. The topological polar surface area (TPSA) is 55.1 Å². The molecule has 1 saturated carbocycles. The van der Waals surface area contributed by atoms with Crippen LogP contribution in [0.25, 0.3) is 11.6 Å². The van der Waals surface area contributed by atoms with Gasteiger partial charge in [0.1, 0.15) is 11.8 Å². The third kappa shape index (κ3) is 4.18. The molecule has 168 valence electrons. The summed E-state index contributed by atoms with van der Waals surface area (Å²) in [5.41, 5.74) is 5.35. The van der Waals surface area contributed by atoms with Crippen molar-refractivity contribution in [2.45, 2.75) is 63.8 Å². The first-order valence-corrected chi connectivity index (χ1v) is 11.7. The van der Waals surface area contributed by atoms with E-state index in [4.69, 9.17) is 0 Å². The van der Waals surface area contributed by atoms with Crippen molar-refractivity contribution in [2.75, 3.05) is 6.54 Å². The van der Waals surface area contributed by atoms with Crippen LogP contribution in [0.5, 0.6) is 0 Å². The number of hydrogen-bond acceptors (Lipinski definition) is 4. The van der Waals surface area contributed by atoms with Crippen LogP contribution in [0.4, 0.5) is 8.78 Å². The van der Waals surface area contributed by atoms with Gasteiger partial charge in [0, 0.05) is 17.5 Å². The molecule has 0 spiro atoms. The van der Waals surface area contributed by atoms with Crippen LogP contribution in [-0.2, 0) is 6.42 Å². The van der Waals surface area contributed by atoms with Gasteiger partial charge in [-0.3, -0.25) is 0 Å². The van der Waals surface area contributed by atoms with Crippen LogP contribution < -0.4 is 5.32 Å². The molecule has 1 atom stereocenters. The molecule has 5 rings (SSSR count). The zero-order chi connectivity index (χ0) is 22.1. The number of hydrogen-bond donors (Lipinski definition) is 1. The highest BCUT2D eigenvalue weighted by Gasteiger charge is 2.27. The Labute approximate surface area is 186 Å². The molecule has 32 heavy (non-hydrogen) atoms. The van der Waals surface area contributed by atoms with Crippen molar-refractivity contribution >= 4 is 11.6 Å². The third-order valence-electron chi connectivity index (χ3n) is 7.07. The summed E-state index contributed by atoms with van der Waals surface area (Å²) in [4.78, 5) is 4.61. The van der Waals surface area contributed by atoms with Crippen molar-refractivity contribution in [1.29, 1.82) is 0 Å². The zero-order valence-electron chi connectivity index (χ0n) is 18.4. The van der Waals surface area contributed by atoms with Crippen LogP contribution in [0.1, 0.15) is 79.9 Å². The third-order valence-corrected chi connectivity index (χ3v) is 7.07. The minimum atomic E-state index is -0.802. The Hall–Kier alpha value is -2.67. The first-order chi connectivity index (χ1) is 15.6. The lowest BCUT2D eigenvalue weighted by Crippen LogP contribution is -2.28. The summed E-state index contributed by atoms with van der Waals surface area (Å²) < 4.78 is 28.6. The fraction of sp³-hybridized carbons (Fsp3) is 0.480. The molecule has 2 aliphatic rings. The number of aromatic nitrogens is 4. The summed E-state index contributed by atoms with van der Waals surface area (Å²) in [7, 11) is 0. The Kier molecular flexibility index (Phi) is 6.00. The lowest BCUT2D eigenvalue weighted by atomic mass is 9.80. The summed E-state index contributed by atoms with van der Waals surface area (Å²) in [6, 6.07) is 4.12. The molecule has 0 amide bonds. The normalized spacial score (nSPS) is 22.0. The van der Waals surface area contributed by atoms with E-state index in [1.54, 1.807) is 12.4 Å². The number of benzene rings is 1. The Bertz CT molecular complexity index is 1130. The van der Waals surface area contributed by atoms with Gasteiger partial charge in [0.25, 0.3) is 0 Å². The van der Waals surface area contributed by atoms with Crippen molar-refractivity contribution in [1.82, 2.24) is 25.1 Å². The van der Waals surface area contributed by atoms with E-state index in [1.165, 1.54) is 17.7 Å². The maximum Gasteiger partial charge on any atom is 0.159 e. The van der Waals surface area contributed by atoms with Crippen molar-refractivity contribution in [3.63, 3.8) is 0 Å². The molecule has 1 aromatic carbocycles. The second-order valence-electron chi connectivity index (χ2n) is 9.19. The number of aryl methyl sites for hydroxylation is 1. The van der Waals surface area contributed by atoms with Crippen molar-refractivity contribution in [3.8, 4) is 0 Å². The lowest BCUT2D eigenvalue weighted by Gasteiger charge is -2.29. The Morgan fingerprint density at radius 1 is 1.16 bits per heavy atom. The van der Waals surface area contributed by atoms with E-state index < -0.39 is 11.6 Å². The van der Waals surface area contributed by atoms with Gasteiger partial charge in [0.15, 0.2) is 11.6 Å². The molecule has 0 saturated heterocycles. The average Bonchev–Trinajstić information content (AvgIpc) is 3.10. The van der Waals surface area contributed by atoms with Crippen LogP contribution in [0.3, 0.4) is 0 Å². The van der Waals surface area contributed by atoms with Crippen LogP contribution in [0, 0.1) is 17.6 Å². The summed E-state index contributed by atoms with van der Waals surface area (Å²) in [6.07, 6.45) is 13.9. The van der Waals surface area contributed by atoms with E-state index in [2.05, 4.69) is 32.8 Å². The van der Waals surface area contributed by atoms with E-state index in [0.717, 1.165) is 74.0 Å². The molecule has 2 aliphatic carbocycles. The van der Waals surface area contributed by atoms with Gasteiger partial charge in [0.05, 0.1) is 11.4 Å². The predicted molar refractivity (Wildman–Crippen MR) is 120 cm³/mol.